The van der Waals surface area contributed by atoms with Crippen LogP contribution in [-0.4, -0.2) is 107 Å². The quantitative estimate of drug-likeness (QED) is 0.505. The van der Waals surface area contributed by atoms with Gasteiger partial charge < -0.3 is 19.7 Å². The van der Waals surface area contributed by atoms with Crippen LogP contribution in [0, 0.1) is 0 Å². The Morgan fingerprint density at radius 2 is 1.25 bits per heavy atom. The first-order valence-corrected chi connectivity index (χ1v) is 11.2. The summed E-state index contributed by atoms with van der Waals surface area (Å²) in [5.41, 5.74) is -0.455. The van der Waals surface area contributed by atoms with E-state index in [4.69, 9.17) is 9.47 Å². The highest BCUT2D eigenvalue weighted by Gasteiger charge is 2.21. The number of rotatable bonds is 8. The first-order chi connectivity index (χ1) is 15.5. The highest BCUT2D eigenvalue weighted by atomic mass is 16.5. The third-order valence-corrected chi connectivity index (χ3v) is 6.06. The number of morpholine rings is 2. The van der Waals surface area contributed by atoms with Gasteiger partial charge >= 0.3 is 5.69 Å². The van der Waals surface area contributed by atoms with Crippen LogP contribution < -0.4 is 11.2 Å². The summed E-state index contributed by atoms with van der Waals surface area (Å²) in [5.74, 6) is 0. The Labute approximate surface area is 186 Å². The second-order valence-electron chi connectivity index (χ2n) is 8.46. The van der Waals surface area contributed by atoms with Gasteiger partial charge in [0, 0.05) is 39.3 Å². The Bertz CT molecular complexity index is 1010. The molecule has 0 bridgehead atoms. The minimum atomic E-state index is -0.869. The zero-order valence-corrected chi connectivity index (χ0v) is 18.3. The summed E-state index contributed by atoms with van der Waals surface area (Å²) in [6.07, 6.45) is -1.65. The number of aliphatic hydroxyl groups is 2. The van der Waals surface area contributed by atoms with Gasteiger partial charge in [0.2, 0.25) is 0 Å². The van der Waals surface area contributed by atoms with Crippen molar-refractivity contribution in [3.05, 3.63) is 45.1 Å². The molecule has 0 radical (unpaired) electrons. The van der Waals surface area contributed by atoms with Crippen molar-refractivity contribution in [2.75, 3.05) is 65.7 Å². The van der Waals surface area contributed by atoms with E-state index in [9.17, 15) is 19.8 Å². The van der Waals surface area contributed by atoms with Crippen LogP contribution in [0.15, 0.2) is 33.9 Å². The number of para-hydroxylation sites is 1. The summed E-state index contributed by atoms with van der Waals surface area (Å²) in [6, 6.07) is 6.90. The monoisotopic (exact) mass is 448 g/mol. The van der Waals surface area contributed by atoms with Crippen molar-refractivity contribution in [1.82, 2.24) is 18.9 Å². The molecule has 2 fully saturated rings. The number of fused-ring (bicyclic) bond motifs is 1. The topological polar surface area (TPSA) is 109 Å². The molecule has 2 aliphatic heterocycles. The largest absolute Gasteiger partial charge is 0.390 e. The molecular weight excluding hydrogens is 416 g/mol. The minimum Gasteiger partial charge on any atom is -0.390 e. The number of benzene rings is 1. The highest BCUT2D eigenvalue weighted by Crippen LogP contribution is 2.10. The van der Waals surface area contributed by atoms with Gasteiger partial charge in [0.05, 0.1) is 62.6 Å². The molecule has 2 N–H and O–H groups in total. The van der Waals surface area contributed by atoms with Crippen molar-refractivity contribution in [2.24, 2.45) is 0 Å². The lowest BCUT2D eigenvalue weighted by Gasteiger charge is -2.29. The molecular formula is C22H32N4O6. The van der Waals surface area contributed by atoms with E-state index in [1.807, 2.05) is 0 Å². The Balaban J connectivity index is 1.57. The Morgan fingerprint density at radius 1 is 0.750 bits per heavy atom. The number of hydrogen-bond donors (Lipinski definition) is 2. The molecule has 0 aliphatic carbocycles. The smallest absolute Gasteiger partial charge is 0.331 e. The lowest BCUT2D eigenvalue weighted by molar-refractivity contribution is 0.0101. The van der Waals surface area contributed by atoms with Crippen LogP contribution in [-0.2, 0) is 22.6 Å². The Morgan fingerprint density at radius 3 is 1.81 bits per heavy atom. The lowest BCUT2D eigenvalue weighted by atomic mass is 10.2. The predicted molar refractivity (Wildman–Crippen MR) is 119 cm³/mol. The van der Waals surface area contributed by atoms with E-state index in [0.29, 0.717) is 63.5 Å². The fourth-order valence-corrected chi connectivity index (χ4v) is 4.41. The third kappa shape index (κ3) is 5.45. The molecule has 1 aromatic carbocycles. The van der Waals surface area contributed by atoms with Crippen molar-refractivity contribution in [3.8, 4) is 0 Å². The average Bonchev–Trinajstić information content (AvgIpc) is 2.81. The van der Waals surface area contributed by atoms with E-state index in [1.54, 1.807) is 24.3 Å². The zero-order valence-electron chi connectivity index (χ0n) is 18.3. The summed E-state index contributed by atoms with van der Waals surface area (Å²) in [5, 5.41) is 21.7. The van der Waals surface area contributed by atoms with E-state index in [-0.39, 0.29) is 13.1 Å². The molecule has 0 amide bonds. The normalized spacial score (nSPS) is 20.4. The maximum absolute atomic E-state index is 13.3. The molecule has 2 saturated heterocycles. The van der Waals surface area contributed by atoms with Gasteiger partial charge in [-0.05, 0) is 12.1 Å². The summed E-state index contributed by atoms with van der Waals surface area (Å²) >= 11 is 0. The number of hydrogen-bond acceptors (Lipinski definition) is 8. The lowest BCUT2D eigenvalue weighted by Crippen LogP contribution is -2.48. The van der Waals surface area contributed by atoms with Gasteiger partial charge in [0.1, 0.15) is 0 Å². The van der Waals surface area contributed by atoms with E-state index in [0.717, 1.165) is 17.7 Å². The van der Waals surface area contributed by atoms with E-state index < -0.39 is 23.5 Å². The van der Waals surface area contributed by atoms with Crippen LogP contribution in [0.2, 0.25) is 0 Å². The maximum atomic E-state index is 13.3. The SMILES string of the molecule is O=c1c2ccccc2n(CC(O)CN2CCOCC2)c(=O)n1CC(O)CN1CCOCC1. The molecule has 3 heterocycles. The third-order valence-electron chi connectivity index (χ3n) is 6.06. The van der Waals surface area contributed by atoms with Crippen molar-refractivity contribution < 1.29 is 19.7 Å². The van der Waals surface area contributed by atoms with Gasteiger partial charge in [-0.2, -0.15) is 0 Å². The van der Waals surface area contributed by atoms with E-state index >= 15 is 0 Å². The molecule has 1 aromatic heterocycles. The van der Waals surface area contributed by atoms with Crippen molar-refractivity contribution in [3.63, 3.8) is 0 Å². The highest BCUT2D eigenvalue weighted by molar-refractivity contribution is 5.77. The molecule has 2 aliphatic rings. The Kier molecular flexibility index (Phi) is 7.71. The first-order valence-electron chi connectivity index (χ1n) is 11.2. The van der Waals surface area contributed by atoms with Crippen molar-refractivity contribution in [2.45, 2.75) is 25.3 Å². The average molecular weight is 449 g/mol. The zero-order chi connectivity index (χ0) is 22.5. The number of nitrogens with zero attached hydrogens (tertiary/aromatic N) is 4. The minimum absolute atomic E-state index is 0.0660. The maximum Gasteiger partial charge on any atom is 0.331 e. The van der Waals surface area contributed by atoms with E-state index in [2.05, 4.69) is 9.80 Å². The standard InChI is InChI=1S/C22H32N4O6/c27-17(13-23-5-9-31-10-6-23)15-25-20-4-2-1-3-19(20)21(29)26(22(25)30)16-18(28)14-24-7-11-32-12-8-24/h1-4,17-18,27-28H,5-16H2. The molecule has 2 atom stereocenters. The molecule has 4 rings (SSSR count). The van der Waals surface area contributed by atoms with Crippen LogP contribution in [0.4, 0.5) is 0 Å². The van der Waals surface area contributed by atoms with Crippen LogP contribution in [0.5, 0.6) is 0 Å². The molecule has 0 saturated carbocycles. The second kappa shape index (κ2) is 10.7. The molecule has 2 unspecified atom stereocenters. The number of aliphatic hydroxyl groups excluding tert-OH is 2. The molecule has 0 spiro atoms. The van der Waals surface area contributed by atoms with Crippen molar-refractivity contribution >= 4 is 10.9 Å². The van der Waals surface area contributed by atoms with Gasteiger partial charge in [-0.1, -0.05) is 12.1 Å². The van der Waals surface area contributed by atoms with Crippen LogP contribution in [0.1, 0.15) is 0 Å². The molecule has 10 nitrogen and oxygen atoms in total. The molecule has 32 heavy (non-hydrogen) atoms. The summed E-state index contributed by atoms with van der Waals surface area (Å²) in [6.45, 7) is 6.11. The summed E-state index contributed by atoms with van der Waals surface area (Å²) in [4.78, 5) is 30.5. The van der Waals surface area contributed by atoms with Gasteiger partial charge in [0.25, 0.3) is 5.56 Å². The van der Waals surface area contributed by atoms with Gasteiger partial charge in [-0.15, -0.1) is 0 Å². The van der Waals surface area contributed by atoms with Crippen LogP contribution >= 0.6 is 0 Å². The second-order valence-corrected chi connectivity index (χ2v) is 8.46. The van der Waals surface area contributed by atoms with Crippen LogP contribution in [0.25, 0.3) is 10.9 Å². The fourth-order valence-electron chi connectivity index (χ4n) is 4.41. The fraction of sp³-hybridized carbons (Fsp3) is 0.636. The number of ether oxygens (including phenoxy) is 2. The van der Waals surface area contributed by atoms with Gasteiger partial charge in [-0.3, -0.25) is 23.7 Å². The number of aromatic nitrogens is 2. The molecule has 2 aromatic rings. The Hall–Kier alpha value is -2.08. The molecule has 10 heteroatoms. The molecule has 176 valence electrons. The number of β-amino-alcohol motifs (C(OH)–C–C–N with tert-alkyl or cyclic N) is 2. The van der Waals surface area contributed by atoms with Gasteiger partial charge in [-0.25, -0.2) is 4.79 Å². The van der Waals surface area contributed by atoms with Crippen molar-refractivity contribution in [1.29, 1.82) is 0 Å². The summed E-state index contributed by atoms with van der Waals surface area (Å²) in [7, 11) is 0. The van der Waals surface area contributed by atoms with Crippen LogP contribution in [0.3, 0.4) is 0 Å². The first kappa shape index (κ1) is 23.1. The summed E-state index contributed by atoms with van der Waals surface area (Å²) < 4.78 is 13.2. The van der Waals surface area contributed by atoms with Gasteiger partial charge in [0.15, 0.2) is 0 Å². The predicted octanol–water partition coefficient (Wildman–Crippen LogP) is -1.45. The van der Waals surface area contributed by atoms with E-state index in [1.165, 1.54) is 4.57 Å².